The minimum absolute atomic E-state index is 0.309. The van der Waals surface area contributed by atoms with Gasteiger partial charge in [-0.3, -0.25) is 0 Å². The molecule has 1 rings (SSSR count). The van der Waals surface area contributed by atoms with Crippen molar-refractivity contribution in [1.29, 1.82) is 0 Å². The zero-order valence-electron chi connectivity index (χ0n) is 7.09. The minimum atomic E-state index is -0.309. The van der Waals surface area contributed by atoms with Crippen LogP contribution in [0.15, 0.2) is 35.3 Å². The van der Waals surface area contributed by atoms with Crippen molar-refractivity contribution in [3.63, 3.8) is 0 Å². The van der Waals surface area contributed by atoms with Gasteiger partial charge in [0, 0.05) is 6.07 Å². The van der Waals surface area contributed by atoms with Gasteiger partial charge < -0.3 is 4.74 Å². The van der Waals surface area contributed by atoms with Gasteiger partial charge in [-0.25, -0.2) is 4.39 Å². The van der Waals surface area contributed by atoms with Gasteiger partial charge in [0.25, 0.3) is 0 Å². The maximum Gasteiger partial charge on any atom is 0.141 e. The molecule has 0 bridgehead atoms. The molecular formula is C10H10BrFO. The van der Waals surface area contributed by atoms with Gasteiger partial charge in [-0.2, -0.15) is 0 Å². The summed E-state index contributed by atoms with van der Waals surface area (Å²) in [4.78, 5) is 0. The number of halogens is 2. The van der Waals surface area contributed by atoms with Gasteiger partial charge in [0.2, 0.25) is 0 Å². The number of ether oxygens (including phenoxy) is 1. The summed E-state index contributed by atoms with van der Waals surface area (Å²) in [5, 5.41) is 0. The molecule has 0 aliphatic heterocycles. The molecule has 0 spiro atoms. The molecule has 13 heavy (non-hydrogen) atoms. The van der Waals surface area contributed by atoms with E-state index in [9.17, 15) is 4.39 Å². The van der Waals surface area contributed by atoms with E-state index in [2.05, 4.69) is 22.5 Å². The maximum absolute atomic E-state index is 12.9. The van der Waals surface area contributed by atoms with Crippen LogP contribution in [0.25, 0.3) is 0 Å². The summed E-state index contributed by atoms with van der Waals surface area (Å²) in [7, 11) is 0. The number of hydrogen-bond acceptors (Lipinski definition) is 1. The first kappa shape index (κ1) is 10.3. The van der Waals surface area contributed by atoms with Crippen molar-refractivity contribution in [1.82, 2.24) is 0 Å². The van der Waals surface area contributed by atoms with Crippen LogP contribution in [0, 0.1) is 5.82 Å². The Morgan fingerprint density at radius 1 is 1.54 bits per heavy atom. The second-order valence-corrected chi connectivity index (χ2v) is 3.36. The lowest BCUT2D eigenvalue weighted by Gasteiger charge is -2.04. The smallest absolute Gasteiger partial charge is 0.141 e. The highest BCUT2D eigenvalue weighted by molar-refractivity contribution is 9.10. The normalized spacial score (nSPS) is 9.69. The molecule has 0 aromatic heterocycles. The Kier molecular flexibility index (Phi) is 3.96. The first-order valence-corrected chi connectivity index (χ1v) is 4.72. The summed E-state index contributed by atoms with van der Waals surface area (Å²) in [5.74, 6) is 0.235. The van der Waals surface area contributed by atoms with E-state index < -0.39 is 0 Å². The first-order chi connectivity index (χ1) is 6.24. The fraction of sp³-hybridized carbons (Fsp3) is 0.200. The van der Waals surface area contributed by atoms with E-state index in [1.54, 1.807) is 18.2 Å². The molecular weight excluding hydrogens is 235 g/mol. The molecule has 0 amide bonds. The van der Waals surface area contributed by atoms with E-state index in [0.29, 0.717) is 16.8 Å². The van der Waals surface area contributed by atoms with E-state index in [-0.39, 0.29) is 5.82 Å². The largest absolute Gasteiger partial charge is 0.493 e. The molecule has 0 aliphatic carbocycles. The standard InChI is InChI=1S/C10H10BrFO/c1-2-3-6-13-8-4-5-9(11)10(12)7-8/h2,4-5,7H,1,3,6H2. The van der Waals surface area contributed by atoms with Crippen molar-refractivity contribution in [3.05, 3.63) is 41.1 Å². The molecule has 0 saturated heterocycles. The Labute approximate surface area is 85.3 Å². The van der Waals surface area contributed by atoms with Gasteiger partial charge in [0.15, 0.2) is 0 Å². The second-order valence-electron chi connectivity index (χ2n) is 2.50. The molecule has 0 unspecified atom stereocenters. The minimum Gasteiger partial charge on any atom is -0.493 e. The van der Waals surface area contributed by atoms with Crippen molar-refractivity contribution in [2.24, 2.45) is 0 Å². The SMILES string of the molecule is C=CCCOc1ccc(Br)c(F)c1. The number of benzene rings is 1. The van der Waals surface area contributed by atoms with Crippen LogP contribution in [0.3, 0.4) is 0 Å². The Hall–Kier alpha value is -0.830. The predicted octanol–water partition coefficient (Wildman–Crippen LogP) is 3.54. The lowest BCUT2D eigenvalue weighted by atomic mass is 10.3. The van der Waals surface area contributed by atoms with E-state index >= 15 is 0 Å². The summed E-state index contributed by atoms with van der Waals surface area (Å²) in [5.41, 5.74) is 0. The zero-order valence-corrected chi connectivity index (χ0v) is 8.68. The molecule has 0 atom stereocenters. The van der Waals surface area contributed by atoms with Gasteiger partial charge in [-0.1, -0.05) is 6.08 Å². The molecule has 0 heterocycles. The maximum atomic E-state index is 12.9. The van der Waals surface area contributed by atoms with Crippen molar-refractivity contribution >= 4 is 15.9 Å². The van der Waals surface area contributed by atoms with Gasteiger partial charge in [-0.05, 0) is 34.5 Å². The third-order valence-electron chi connectivity index (χ3n) is 1.48. The van der Waals surface area contributed by atoms with Crippen molar-refractivity contribution < 1.29 is 9.13 Å². The summed E-state index contributed by atoms with van der Waals surface area (Å²) in [6.45, 7) is 4.09. The van der Waals surface area contributed by atoms with Crippen molar-refractivity contribution in [3.8, 4) is 5.75 Å². The Bertz CT molecular complexity index is 299. The molecule has 0 aliphatic rings. The van der Waals surface area contributed by atoms with Crippen LogP contribution in [0.5, 0.6) is 5.75 Å². The van der Waals surface area contributed by atoms with Crippen LogP contribution in [-0.2, 0) is 0 Å². The number of rotatable bonds is 4. The van der Waals surface area contributed by atoms with Crippen LogP contribution in [-0.4, -0.2) is 6.61 Å². The topological polar surface area (TPSA) is 9.23 Å². The third kappa shape index (κ3) is 3.19. The van der Waals surface area contributed by atoms with Gasteiger partial charge in [0.1, 0.15) is 11.6 Å². The van der Waals surface area contributed by atoms with E-state index in [4.69, 9.17) is 4.74 Å². The van der Waals surface area contributed by atoms with E-state index in [1.165, 1.54) is 6.07 Å². The highest BCUT2D eigenvalue weighted by atomic mass is 79.9. The second kappa shape index (κ2) is 5.02. The fourth-order valence-electron chi connectivity index (χ4n) is 0.827. The molecule has 3 heteroatoms. The first-order valence-electron chi connectivity index (χ1n) is 3.93. The Morgan fingerprint density at radius 3 is 2.92 bits per heavy atom. The quantitative estimate of drug-likeness (QED) is 0.582. The van der Waals surface area contributed by atoms with Crippen LogP contribution in [0.1, 0.15) is 6.42 Å². The molecule has 0 N–H and O–H groups in total. The van der Waals surface area contributed by atoms with Crippen LogP contribution < -0.4 is 4.74 Å². The van der Waals surface area contributed by atoms with Gasteiger partial charge in [-0.15, -0.1) is 6.58 Å². The molecule has 1 aromatic carbocycles. The summed E-state index contributed by atoms with van der Waals surface area (Å²) in [6.07, 6.45) is 2.52. The Morgan fingerprint density at radius 2 is 2.31 bits per heavy atom. The van der Waals surface area contributed by atoms with Gasteiger partial charge in [0.05, 0.1) is 11.1 Å². The van der Waals surface area contributed by atoms with Crippen LogP contribution >= 0.6 is 15.9 Å². The van der Waals surface area contributed by atoms with E-state index in [1.807, 2.05) is 0 Å². The monoisotopic (exact) mass is 244 g/mol. The van der Waals surface area contributed by atoms with Crippen LogP contribution in [0.4, 0.5) is 4.39 Å². The van der Waals surface area contributed by atoms with Gasteiger partial charge >= 0.3 is 0 Å². The van der Waals surface area contributed by atoms with Crippen LogP contribution in [0.2, 0.25) is 0 Å². The number of hydrogen-bond donors (Lipinski definition) is 0. The molecule has 70 valence electrons. The molecule has 0 radical (unpaired) electrons. The van der Waals surface area contributed by atoms with E-state index in [0.717, 1.165) is 6.42 Å². The Balaban J connectivity index is 2.57. The van der Waals surface area contributed by atoms with Crippen molar-refractivity contribution in [2.75, 3.05) is 6.61 Å². The molecule has 0 saturated carbocycles. The highest BCUT2D eigenvalue weighted by Crippen LogP contribution is 2.20. The zero-order chi connectivity index (χ0) is 9.68. The fourth-order valence-corrected chi connectivity index (χ4v) is 1.07. The van der Waals surface area contributed by atoms with Crippen molar-refractivity contribution in [2.45, 2.75) is 6.42 Å². The molecule has 1 aromatic rings. The third-order valence-corrected chi connectivity index (χ3v) is 2.12. The summed E-state index contributed by atoms with van der Waals surface area (Å²) in [6, 6.07) is 4.70. The average Bonchev–Trinajstić information content (AvgIpc) is 2.12. The molecule has 0 fully saturated rings. The summed E-state index contributed by atoms with van der Waals surface area (Å²) < 4.78 is 18.6. The highest BCUT2D eigenvalue weighted by Gasteiger charge is 2.00. The lowest BCUT2D eigenvalue weighted by molar-refractivity contribution is 0.323. The average molecular weight is 245 g/mol. The lowest BCUT2D eigenvalue weighted by Crippen LogP contribution is -1.95. The predicted molar refractivity (Wildman–Crippen MR) is 54.4 cm³/mol. The molecule has 1 nitrogen and oxygen atoms in total. The summed E-state index contributed by atoms with van der Waals surface area (Å²) >= 11 is 3.06.